The van der Waals surface area contributed by atoms with Crippen molar-refractivity contribution >= 4 is 39.2 Å². The zero-order chi connectivity index (χ0) is 17.8. The molecule has 6 heteroatoms. The summed E-state index contributed by atoms with van der Waals surface area (Å²) < 4.78 is 0.833. The van der Waals surface area contributed by atoms with Crippen LogP contribution in [0.2, 0.25) is 0 Å². The van der Waals surface area contributed by atoms with Crippen molar-refractivity contribution in [3.63, 3.8) is 0 Å². The Morgan fingerprint density at radius 1 is 1.00 bits per heavy atom. The first-order valence-electron chi connectivity index (χ1n) is 7.74. The van der Waals surface area contributed by atoms with Crippen molar-refractivity contribution < 1.29 is 4.79 Å². The molecule has 0 radical (unpaired) electrons. The molecule has 1 aromatic heterocycles. The predicted octanol–water partition coefficient (Wildman–Crippen LogP) is 4.85. The average molecular weight is 397 g/mol. The first-order valence-corrected chi connectivity index (χ1v) is 8.54. The predicted molar refractivity (Wildman–Crippen MR) is 103 cm³/mol. The Morgan fingerprint density at radius 3 is 2.40 bits per heavy atom. The number of nitrogens with one attached hydrogen (secondary N) is 2. The first-order chi connectivity index (χ1) is 12.0. The van der Waals surface area contributed by atoms with E-state index in [1.54, 1.807) is 0 Å². The molecule has 2 N–H and O–H groups in total. The van der Waals surface area contributed by atoms with Gasteiger partial charge in [0.15, 0.2) is 0 Å². The number of aromatic nitrogens is 2. The van der Waals surface area contributed by atoms with Crippen LogP contribution in [0.5, 0.6) is 0 Å². The van der Waals surface area contributed by atoms with Crippen LogP contribution < -0.4 is 10.6 Å². The molecule has 3 rings (SSSR count). The highest BCUT2D eigenvalue weighted by Gasteiger charge is 2.10. The number of benzene rings is 2. The lowest BCUT2D eigenvalue weighted by molar-refractivity contribution is 0.102. The molecule has 0 saturated heterocycles. The lowest BCUT2D eigenvalue weighted by Crippen LogP contribution is -2.13. The highest BCUT2D eigenvalue weighted by Crippen LogP contribution is 2.24. The summed E-state index contributed by atoms with van der Waals surface area (Å²) in [6.07, 6.45) is 3.01. The lowest BCUT2D eigenvalue weighted by atomic mass is 10.2. The fourth-order valence-corrected chi connectivity index (χ4v) is 2.87. The smallest absolute Gasteiger partial charge is 0.258 e. The molecule has 25 heavy (non-hydrogen) atoms. The van der Waals surface area contributed by atoms with Crippen molar-refractivity contribution in [2.45, 2.75) is 13.8 Å². The van der Waals surface area contributed by atoms with Gasteiger partial charge >= 0.3 is 0 Å². The quantitative estimate of drug-likeness (QED) is 0.661. The minimum Gasteiger partial charge on any atom is -0.324 e. The molecule has 126 valence electrons. The Balaban J connectivity index is 1.70. The standard InChI is InChI=1S/C19H17BrN4O/c1-12-4-3-5-15(8-12)23-19-21-10-14(11-22-19)18(25)24-17-7-6-13(2)9-16(17)20/h3-11H,1-2H3,(H,24,25)(H,21,22,23). The SMILES string of the molecule is Cc1cccc(Nc2ncc(C(=O)Nc3ccc(C)cc3Br)cn2)c1. The monoisotopic (exact) mass is 396 g/mol. The minimum atomic E-state index is -0.258. The van der Waals surface area contributed by atoms with E-state index < -0.39 is 0 Å². The summed E-state index contributed by atoms with van der Waals surface area (Å²) in [6.45, 7) is 4.01. The molecule has 0 spiro atoms. The van der Waals surface area contributed by atoms with Gasteiger partial charge in [-0.1, -0.05) is 18.2 Å². The van der Waals surface area contributed by atoms with Gasteiger partial charge in [-0.2, -0.15) is 0 Å². The number of carbonyl (C=O) groups is 1. The molecule has 0 aliphatic carbocycles. The van der Waals surface area contributed by atoms with Gasteiger partial charge < -0.3 is 10.6 Å². The Hall–Kier alpha value is -2.73. The number of rotatable bonds is 4. The van der Waals surface area contributed by atoms with Crippen LogP contribution in [0.15, 0.2) is 59.3 Å². The average Bonchev–Trinajstić information content (AvgIpc) is 2.58. The maximum Gasteiger partial charge on any atom is 0.258 e. The molecule has 0 saturated carbocycles. The normalized spacial score (nSPS) is 10.4. The highest BCUT2D eigenvalue weighted by atomic mass is 79.9. The summed E-state index contributed by atoms with van der Waals surface area (Å²) >= 11 is 3.45. The summed E-state index contributed by atoms with van der Waals surface area (Å²) in [5.74, 6) is 0.185. The van der Waals surface area contributed by atoms with E-state index in [4.69, 9.17) is 0 Å². The molecule has 3 aromatic rings. The number of aryl methyl sites for hydroxylation is 2. The lowest BCUT2D eigenvalue weighted by Gasteiger charge is -2.09. The fourth-order valence-electron chi connectivity index (χ4n) is 2.28. The van der Waals surface area contributed by atoms with E-state index in [0.717, 1.165) is 21.3 Å². The van der Waals surface area contributed by atoms with E-state index in [1.807, 2.05) is 56.3 Å². The zero-order valence-electron chi connectivity index (χ0n) is 13.9. The Bertz CT molecular complexity index is 910. The summed E-state index contributed by atoms with van der Waals surface area (Å²) in [7, 11) is 0. The van der Waals surface area contributed by atoms with Crippen LogP contribution in [0.1, 0.15) is 21.5 Å². The van der Waals surface area contributed by atoms with Crippen LogP contribution in [-0.4, -0.2) is 15.9 Å². The van der Waals surface area contributed by atoms with Crippen LogP contribution in [-0.2, 0) is 0 Å². The van der Waals surface area contributed by atoms with Gasteiger partial charge in [0.2, 0.25) is 5.95 Å². The Kier molecular flexibility index (Phi) is 5.09. The third-order valence-electron chi connectivity index (χ3n) is 3.56. The number of anilines is 3. The molecular formula is C19H17BrN4O. The van der Waals surface area contributed by atoms with Crippen LogP contribution in [0.25, 0.3) is 0 Å². The number of carbonyl (C=O) groups excluding carboxylic acids is 1. The maximum atomic E-state index is 12.3. The zero-order valence-corrected chi connectivity index (χ0v) is 15.5. The maximum absolute atomic E-state index is 12.3. The van der Waals surface area contributed by atoms with Gasteiger partial charge in [0.1, 0.15) is 0 Å². The van der Waals surface area contributed by atoms with E-state index in [1.165, 1.54) is 12.4 Å². The first kappa shape index (κ1) is 17.1. The van der Waals surface area contributed by atoms with Gasteiger partial charge in [-0.15, -0.1) is 0 Å². The van der Waals surface area contributed by atoms with Crippen LogP contribution in [0.4, 0.5) is 17.3 Å². The Morgan fingerprint density at radius 2 is 1.72 bits per heavy atom. The number of hydrogen-bond donors (Lipinski definition) is 2. The van der Waals surface area contributed by atoms with E-state index in [0.29, 0.717) is 17.2 Å². The second-order valence-electron chi connectivity index (χ2n) is 5.73. The molecule has 0 bridgehead atoms. The molecule has 0 aliphatic heterocycles. The van der Waals surface area contributed by atoms with Crippen molar-refractivity contribution in [1.82, 2.24) is 9.97 Å². The molecular weight excluding hydrogens is 380 g/mol. The van der Waals surface area contributed by atoms with Crippen LogP contribution in [0.3, 0.4) is 0 Å². The van der Waals surface area contributed by atoms with Crippen molar-refractivity contribution in [2.75, 3.05) is 10.6 Å². The van der Waals surface area contributed by atoms with Crippen LogP contribution >= 0.6 is 15.9 Å². The third-order valence-corrected chi connectivity index (χ3v) is 4.22. The molecule has 0 fully saturated rings. The topological polar surface area (TPSA) is 66.9 Å². The minimum absolute atomic E-state index is 0.258. The van der Waals surface area contributed by atoms with Gasteiger partial charge in [0.05, 0.1) is 11.3 Å². The molecule has 1 heterocycles. The molecule has 0 atom stereocenters. The number of halogens is 1. The number of amides is 1. The van der Waals surface area contributed by atoms with Gasteiger partial charge in [0, 0.05) is 22.6 Å². The van der Waals surface area contributed by atoms with E-state index >= 15 is 0 Å². The second kappa shape index (κ2) is 7.44. The summed E-state index contributed by atoms with van der Waals surface area (Å²) in [5.41, 5.74) is 4.25. The molecule has 1 amide bonds. The Labute approximate surface area is 154 Å². The van der Waals surface area contributed by atoms with Crippen molar-refractivity contribution in [3.8, 4) is 0 Å². The van der Waals surface area contributed by atoms with Crippen molar-refractivity contribution in [2.24, 2.45) is 0 Å². The third kappa shape index (κ3) is 4.42. The number of hydrogen-bond acceptors (Lipinski definition) is 4. The van der Waals surface area contributed by atoms with E-state index in [2.05, 4.69) is 36.5 Å². The van der Waals surface area contributed by atoms with Gasteiger partial charge in [-0.3, -0.25) is 4.79 Å². The molecule has 0 aliphatic rings. The summed E-state index contributed by atoms with van der Waals surface area (Å²) in [4.78, 5) is 20.7. The van der Waals surface area contributed by atoms with Gasteiger partial charge in [-0.05, 0) is 65.2 Å². The van der Waals surface area contributed by atoms with Crippen molar-refractivity contribution in [3.05, 3.63) is 76.0 Å². The van der Waals surface area contributed by atoms with Gasteiger partial charge in [0.25, 0.3) is 5.91 Å². The molecule has 5 nitrogen and oxygen atoms in total. The second-order valence-corrected chi connectivity index (χ2v) is 6.58. The van der Waals surface area contributed by atoms with E-state index in [9.17, 15) is 4.79 Å². The molecule has 2 aromatic carbocycles. The van der Waals surface area contributed by atoms with Gasteiger partial charge in [-0.25, -0.2) is 9.97 Å². The number of nitrogens with zero attached hydrogens (tertiary/aromatic N) is 2. The largest absolute Gasteiger partial charge is 0.324 e. The van der Waals surface area contributed by atoms with E-state index in [-0.39, 0.29) is 5.91 Å². The van der Waals surface area contributed by atoms with Crippen molar-refractivity contribution in [1.29, 1.82) is 0 Å². The summed E-state index contributed by atoms with van der Waals surface area (Å²) in [6, 6.07) is 13.6. The summed E-state index contributed by atoms with van der Waals surface area (Å²) in [5, 5.41) is 5.96. The molecule has 0 unspecified atom stereocenters. The highest BCUT2D eigenvalue weighted by molar-refractivity contribution is 9.10. The fraction of sp³-hybridized carbons (Fsp3) is 0.105. The van der Waals surface area contributed by atoms with Crippen LogP contribution in [0, 0.1) is 13.8 Å².